The Labute approximate surface area is 193 Å². The van der Waals surface area contributed by atoms with Crippen molar-refractivity contribution < 1.29 is 26.7 Å². The molecule has 0 amide bonds. The van der Waals surface area contributed by atoms with Crippen LogP contribution in [0.5, 0.6) is 0 Å². The van der Waals surface area contributed by atoms with Crippen LogP contribution in [-0.4, -0.2) is 48.1 Å². The van der Waals surface area contributed by atoms with Crippen molar-refractivity contribution in [3.8, 4) is 0 Å². The zero-order valence-electron chi connectivity index (χ0n) is 18.7. The van der Waals surface area contributed by atoms with Gasteiger partial charge in [-0.3, -0.25) is 14.0 Å². The minimum Gasteiger partial charge on any atom is -0.368 e. The van der Waals surface area contributed by atoms with E-state index in [2.05, 4.69) is 54.3 Å². The van der Waals surface area contributed by atoms with Gasteiger partial charge in [0.1, 0.15) is 11.4 Å². The van der Waals surface area contributed by atoms with Gasteiger partial charge in [0, 0.05) is 16.4 Å². The SMILES string of the molecule is CN(C)C1(c2ccccc2)CCC2(CC1)OCCc1c2[nH]c2ccc(F)cc12.O=S(=O)(O)O. The van der Waals surface area contributed by atoms with Crippen molar-refractivity contribution in [2.24, 2.45) is 0 Å². The van der Waals surface area contributed by atoms with Crippen LogP contribution in [0.25, 0.3) is 10.9 Å². The highest BCUT2D eigenvalue weighted by Gasteiger charge is 2.49. The minimum atomic E-state index is -4.67. The molecule has 1 spiro atoms. The van der Waals surface area contributed by atoms with E-state index >= 15 is 0 Å². The Morgan fingerprint density at radius 1 is 1.03 bits per heavy atom. The molecule has 1 aromatic heterocycles. The van der Waals surface area contributed by atoms with Crippen LogP contribution in [-0.2, 0) is 32.7 Å². The summed E-state index contributed by atoms with van der Waals surface area (Å²) in [4.78, 5) is 5.97. The standard InChI is InChI=1S/C24H27FN2O.H2O4S/c1-27(2)23(17-6-4-3-5-7-17)11-13-24(14-12-23)22-19(10-15-28-24)20-16-18(25)8-9-21(20)26-22;1-5(2,3)4/h3-9,16,26H,10-15H2,1-2H3;(H2,1,2,3,4). The lowest BCUT2D eigenvalue weighted by Crippen LogP contribution is -2.50. The first-order valence-electron chi connectivity index (χ1n) is 10.9. The predicted molar refractivity (Wildman–Crippen MR) is 124 cm³/mol. The van der Waals surface area contributed by atoms with Gasteiger partial charge in [0.15, 0.2) is 0 Å². The van der Waals surface area contributed by atoms with Gasteiger partial charge >= 0.3 is 10.4 Å². The maximum atomic E-state index is 13.8. The zero-order chi connectivity index (χ0) is 23.9. The van der Waals surface area contributed by atoms with Gasteiger partial charge in [0.25, 0.3) is 0 Å². The third-order valence-electron chi connectivity index (χ3n) is 7.11. The Bertz CT molecular complexity index is 1220. The minimum absolute atomic E-state index is 0.0333. The number of hydrogen-bond acceptors (Lipinski definition) is 4. The monoisotopic (exact) mass is 476 g/mol. The summed E-state index contributed by atoms with van der Waals surface area (Å²) in [5, 5.41) is 1.02. The Morgan fingerprint density at radius 3 is 2.27 bits per heavy atom. The van der Waals surface area contributed by atoms with E-state index in [9.17, 15) is 4.39 Å². The van der Waals surface area contributed by atoms with Crippen LogP contribution in [0.3, 0.4) is 0 Å². The maximum absolute atomic E-state index is 13.8. The number of hydrogen-bond donors (Lipinski definition) is 3. The van der Waals surface area contributed by atoms with Gasteiger partial charge in [0.2, 0.25) is 0 Å². The number of nitrogens with one attached hydrogen (secondary N) is 1. The van der Waals surface area contributed by atoms with Crippen LogP contribution in [0.15, 0.2) is 48.5 Å². The second-order valence-electron chi connectivity index (χ2n) is 9.00. The summed E-state index contributed by atoms with van der Waals surface area (Å²) in [7, 11) is -0.298. The van der Waals surface area contributed by atoms with Gasteiger partial charge in [-0.05, 0) is 75.5 Å². The number of rotatable bonds is 2. The van der Waals surface area contributed by atoms with Crippen molar-refractivity contribution in [1.82, 2.24) is 9.88 Å². The molecular weight excluding hydrogens is 447 g/mol. The Hall–Kier alpha value is -2.30. The normalized spacial score (nSPS) is 25.0. The summed E-state index contributed by atoms with van der Waals surface area (Å²) in [6.07, 6.45) is 4.84. The molecule has 0 bridgehead atoms. The zero-order valence-corrected chi connectivity index (χ0v) is 19.5. The number of fused-ring (bicyclic) bond motifs is 4. The number of benzene rings is 2. The fourth-order valence-corrected chi connectivity index (χ4v) is 5.49. The molecule has 3 N–H and O–H groups in total. The average Bonchev–Trinajstić information content (AvgIpc) is 3.13. The van der Waals surface area contributed by atoms with Crippen molar-refractivity contribution in [2.75, 3.05) is 20.7 Å². The maximum Gasteiger partial charge on any atom is 0.394 e. The Kier molecular flexibility index (Phi) is 6.36. The molecule has 0 atom stereocenters. The lowest BCUT2D eigenvalue weighted by Gasteiger charge is -2.50. The fraction of sp³-hybridized carbons (Fsp3) is 0.417. The number of aromatic amines is 1. The van der Waals surface area contributed by atoms with Crippen molar-refractivity contribution in [3.63, 3.8) is 0 Å². The molecule has 1 saturated carbocycles. The first-order valence-corrected chi connectivity index (χ1v) is 12.3. The molecule has 2 heterocycles. The lowest BCUT2D eigenvalue weighted by molar-refractivity contribution is -0.113. The second kappa shape index (κ2) is 8.81. The fourth-order valence-electron chi connectivity index (χ4n) is 5.49. The van der Waals surface area contributed by atoms with Gasteiger partial charge in [0.05, 0.1) is 12.3 Å². The molecule has 5 rings (SSSR count). The summed E-state index contributed by atoms with van der Waals surface area (Å²) in [6, 6.07) is 15.9. The summed E-state index contributed by atoms with van der Waals surface area (Å²) < 4.78 is 51.9. The molecule has 1 aliphatic heterocycles. The van der Waals surface area contributed by atoms with Crippen LogP contribution < -0.4 is 0 Å². The van der Waals surface area contributed by atoms with E-state index < -0.39 is 10.4 Å². The largest absolute Gasteiger partial charge is 0.394 e. The molecule has 2 aliphatic rings. The molecule has 1 fully saturated rings. The first-order chi connectivity index (χ1) is 15.5. The van der Waals surface area contributed by atoms with Crippen molar-refractivity contribution >= 4 is 21.3 Å². The highest BCUT2D eigenvalue weighted by Crippen LogP contribution is 2.52. The molecule has 3 aromatic rings. The molecule has 178 valence electrons. The van der Waals surface area contributed by atoms with Gasteiger partial charge in [-0.1, -0.05) is 30.3 Å². The first kappa shape index (κ1) is 23.8. The predicted octanol–water partition coefficient (Wildman–Crippen LogP) is 4.45. The van der Waals surface area contributed by atoms with E-state index in [1.807, 2.05) is 6.07 Å². The third-order valence-corrected chi connectivity index (χ3v) is 7.11. The quantitative estimate of drug-likeness (QED) is 0.472. The van der Waals surface area contributed by atoms with Gasteiger partial charge < -0.3 is 9.72 Å². The van der Waals surface area contributed by atoms with E-state index in [1.165, 1.54) is 22.9 Å². The lowest BCUT2D eigenvalue weighted by atomic mass is 9.68. The van der Waals surface area contributed by atoms with Crippen molar-refractivity contribution in [1.29, 1.82) is 0 Å². The number of H-pyrrole nitrogens is 1. The van der Waals surface area contributed by atoms with Crippen LogP contribution >= 0.6 is 0 Å². The smallest absolute Gasteiger partial charge is 0.368 e. The molecule has 0 unspecified atom stereocenters. The van der Waals surface area contributed by atoms with Gasteiger partial charge in [-0.25, -0.2) is 4.39 Å². The summed E-state index contributed by atoms with van der Waals surface area (Å²) in [6.45, 7) is 0.705. The number of aromatic nitrogens is 1. The number of ether oxygens (including phenoxy) is 1. The van der Waals surface area contributed by atoms with Crippen LogP contribution in [0, 0.1) is 5.82 Å². The Balaban J connectivity index is 0.000000471. The van der Waals surface area contributed by atoms with Crippen LogP contribution in [0.4, 0.5) is 4.39 Å². The summed E-state index contributed by atoms with van der Waals surface area (Å²) in [5.74, 6) is -0.172. The number of nitrogens with zero attached hydrogens (tertiary/aromatic N) is 1. The molecule has 7 nitrogen and oxygen atoms in total. The molecule has 1 aliphatic carbocycles. The second-order valence-corrected chi connectivity index (χ2v) is 9.90. The highest BCUT2D eigenvalue weighted by molar-refractivity contribution is 7.79. The van der Waals surface area contributed by atoms with E-state index in [1.54, 1.807) is 6.07 Å². The average molecular weight is 477 g/mol. The molecule has 0 radical (unpaired) electrons. The topological polar surface area (TPSA) is 103 Å². The molecule has 2 aromatic carbocycles. The number of halogens is 1. The van der Waals surface area contributed by atoms with Gasteiger partial charge in [-0.15, -0.1) is 0 Å². The summed E-state index contributed by atoms with van der Waals surface area (Å²) in [5.41, 5.74) is 4.58. The molecular formula is C24H29FN2O5S. The van der Waals surface area contributed by atoms with Gasteiger partial charge in [-0.2, -0.15) is 8.42 Å². The van der Waals surface area contributed by atoms with Crippen LogP contribution in [0.2, 0.25) is 0 Å². The Morgan fingerprint density at radius 2 is 1.67 bits per heavy atom. The molecule has 0 saturated heterocycles. The molecule has 9 heteroatoms. The van der Waals surface area contributed by atoms with Crippen LogP contribution in [0.1, 0.15) is 42.5 Å². The van der Waals surface area contributed by atoms with E-state index in [-0.39, 0.29) is 17.0 Å². The third kappa shape index (κ3) is 4.69. The molecule has 33 heavy (non-hydrogen) atoms. The van der Waals surface area contributed by atoms with Crippen molar-refractivity contribution in [2.45, 2.75) is 43.2 Å². The van der Waals surface area contributed by atoms with E-state index in [0.717, 1.165) is 43.0 Å². The summed E-state index contributed by atoms with van der Waals surface area (Å²) >= 11 is 0. The van der Waals surface area contributed by atoms with E-state index in [0.29, 0.717) is 6.61 Å². The highest BCUT2D eigenvalue weighted by atomic mass is 32.3. The van der Waals surface area contributed by atoms with Crippen molar-refractivity contribution in [3.05, 3.63) is 71.2 Å². The van der Waals surface area contributed by atoms with E-state index in [4.69, 9.17) is 22.3 Å².